The Bertz CT molecular complexity index is 6100. The van der Waals surface area contributed by atoms with Gasteiger partial charge in [-0.05, 0) is 181 Å². The second-order valence-electron chi connectivity index (χ2n) is 29.5. The van der Waals surface area contributed by atoms with Crippen molar-refractivity contribution in [2.75, 3.05) is 0 Å². The van der Waals surface area contributed by atoms with Gasteiger partial charge in [-0.2, -0.15) is 0 Å². The van der Waals surface area contributed by atoms with Crippen LogP contribution < -0.4 is 0 Å². The van der Waals surface area contributed by atoms with E-state index in [4.69, 9.17) is 19.9 Å². The highest BCUT2D eigenvalue weighted by Gasteiger charge is 2.27. The van der Waals surface area contributed by atoms with Gasteiger partial charge in [-0.3, -0.25) is 0 Å². The summed E-state index contributed by atoms with van der Waals surface area (Å²) in [6.45, 7) is 34.8. The number of nitrogens with zero attached hydrogens (tertiary/aromatic N) is 12. The number of hydrogen-bond acceptors (Lipinski definition) is 12. The van der Waals surface area contributed by atoms with Crippen molar-refractivity contribution in [3.05, 3.63) is 356 Å². The first-order valence-electron chi connectivity index (χ1n) is 44.9. The van der Waals surface area contributed by atoms with E-state index in [1.54, 1.807) is 0 Å². The molecule has 0 saturated carbocycles. The average Bonchev–Trinajstić information content (AvgIpc) is 1.24. The molecule has 0 aliphatic heterocycles. The summed E-state index contributed by atoms with van der Waals surface area (Å²) in [7, 11) is 0. The number of benzene rings is 12. The lowest BCUT2D eigenvalue weighted by molar-refractivity contribution is 0.771. The highest BCUT2D eigenvalue weighted by Crippen LogP contribution is 2.46. The lowest BCUT2D eigenvalue weighted by Gasteiger charge is -2.13. The fourth-order valence-corrected chi connectivity index (χ4v) is 16.8. The maximum Gasteiger partial charge on any atom is 0.137 e. The van der Waals surface area contributed by atoms with E-state index in [1.165, 1.54) is 149 Å². The van der Waals surface area contributed by atoms with Crippen LogP contribution in [0.3, 0.4) is 0 Å². The molecule has 0 spiro atoms. The largest absolute Gasteiger partial charge is 0.218 e. The molecule has 12 aromatic carbocycles. The lowest BCUT2D eigenvalue weighted by Crippen LogP contribution is -2.08. The SMILES string of the molecule is CC.CC.CC.CC.CCc1nc(CC)nc(CC)n1.CCc1nc(CC)nc(Cc2cc3c(c4ccccc24)Cc2ccccc2-3)n1.CCc1nc(CC)nc(Cc2cc3ccccc3c3c2-c2ccccc2C3)n1.CCc1nc(CC)nc(Cc2cccc3c4c(ccc23)-c2ccccc2C4)n1.c1ccc2c(c1)Cc1c-2ccc2ccccc12. The molecule has 0 N–H and O–H groups in total. The van der Waals surface area contributed by atoms with Crippen molar-refractivity contribution >= 4 is 43.1 Å². The van der Waals surface area contributed by atoms with Crippen molar-refractivity contribution in [2.24, 2.45) is 0 Å². The Balaban J connectivity index is 0.000000139. The van der Waals surface area contributed by atoms with Crippen molar-refractivity contribution in [2.45, 2.75) is 220 Å². The van der Waals surface area contributed by atoms with Gasteiger partial charge in [0.2, 0.25) is 0 Å². The molecule has 0 unspecified atom stereocenters. The van der Waals surface area contributed by atoms with Crippen LogP contribution >= 0.6 is 0 Å². The molecule has 4 heterocycles. The zero-order valence-corrected chi connectivity index (χ0v) is 74.5. The van der Waals surface area contributed by atoms with Crippen LogP contribution in [0.5, 0.6) is 0 Å². The minimum Gasteiger partial charge on any atom is -0.218 e. The van der Waals surface area contributed by atoms with Gasteiger partial charge in [0.15, 0.2) is 0 Å². The van der Waals surface area contributed by atoms with E-state index in [9.17, 15) is 0 Å². The Morgan fingerprint density at radius 1 is 0.190 bits per heavy atom. The molecule has 0 amide bonds. The molecule has 12 nitrogen and oxygen atoms in total. The summed E-state index contributed by atoms with van der Waals surface area (Å²) in [5, 5.41) is 10.7. The lowest BCUT2D eigenvalue weighted by atomic mass is 9.92. The smallest absolute Gasteiger partial charge is 0.137 e. The van der Waals surface area contributed by atoms with Crippen LogP contribution in [0.2, 0.25) is 0 Å². The molecule has 121 heavy (non-hydrogen) atoms. The number of aryl methyl sites for hydroxylation is 9. The number of fused-ring (bicyclic) bond motifs is 20. The summed E-state index contributed by atoms with van der Waals surface area (Å²) in [6.07, 6.45) is 14.0. The fourth-order valence-electron chi connectivity index (χ4n) is 16.8. The van der Waals surface area contributed by atoms with Gasteiger partial charge in [-0.25, -0.2) is 59.8 Å². The molecular formula is C109H120N12. The van der Waals surface area contributed by atoms with E-state index in [1.807, 2.05) is 55.4 Å². The third kappa shape index (κ3) is 19.8. The van der Waals surface area contributed by atoms with Crippen molar-refractivity contribution < 1.29 is 0 Å². The van der Waals surface area contributed by atoms with Crippen LogP contribution in [0.1, 0.15) is 249 Å². The molecule has 0 atom stereocenters. The van der Waals surface area contributed by atoms with Crippen LogP contribution in [0.25, 0.3) is 87.6 Å². The summed E-state index contributed by atoms with van der Waals surface area (Å²) in [5.41, 5.74) is 26.5. The van der Waals surface area contributed by atoms with Crippen molar-refractivity contribution in [1.29, 1.82) is 0 Å². The first-order chi connectivity index (χ1) is 59.5. The predicted octanol–water partition coefficient (Wildman–Crippen LogP) is 26.0. The maximum atomic E-state index is 4.73. The average molecular weight is 1600 g/mol. The molecule has 0 saturated heterocycles. The molecule has 0 bridgehead atoms. The minimum absolute atomic E-state index is 0.735. The zero-order chi connectivity index (χ0) is 85.5. The first kappa shape index (κ1) is 88.0. The van der Waals surface area contributed by atoms with Gasteiger partial charge < -0.3 is 0 Å². The Hall–Kier alpha value is -12.3. The molecule has 20 rings (SSSR count). The van der Waals surface area contributed by atoms with Crippen molar-refractivity contribution in [1.82, 2.24) is 59.8 Å². The second-order valence-corrected chi connectivity index (χ2v) is 29.5. The normalized spacial score (nSPS) is 11.4. The van der Waals surface area contributed by atoms with Gasteiger partial charge in [-0.1, -0.05) is 336 Å². The van der Waals surface area contributed by atoms with Crippen LogP contribution in [0.4, 0.5) is 0 Å². The van der Waals surface area contributed by atoms with Crippen LogP contribution in [0.15, 0.2) is 224 Å². The molecule has 616 valence electrons. The van der Waals surface area contributed by atoms with Gasteiger partial charge in [0, 0.05) is 77.0 Å². The van der Waals surface area contributed by atoms with Crippen LogP contribution in [0, 0.1) is 0 Å². The topological polar surface area (TPSA) is 155 Å². The van der Waals surface area contributed by atoms with Gasteiger partial charge in [0.1, 0.15) is 69.9 Å². The molecule has 0 fully saturated rings. The van der Waals surface area contributed by atoms with E-state index in [2.05, 4.69) is 327 Å². The third-order valence-electron chi connectivity index (χ3n) is 22.5. The summed E-state index contributed by atoms with van der Waals surface area (Å²) >= 11 is 0. The standard InChI is InChI=1S/3C25H23N3.C17H12.C9H15N3.4C2H6/c1-3-22-26-23(4-2)28-24(27-22)15-18-13-16-9-5-7-11-19(16)21-14-17-10-6-8-12-20(17)25(18)21;1-3-23-26-24(4-2)28-25(27-23)15-17-14-21-18-10-6-5-9-16(18)13-22(21)20-12-8-7-11-19(17)20;1-3-23-26-24(4-2)28-25(27-23)15-17-9-7-11-20-19(17)12-13-21-18-10-6-5-8-16(18)14-22(20)21;1-3-7-14-12(5-1)9-10-16-15-8-4-2-6-13(15)11-17(14)16;1-4-7-10-8(5-2)12-9(6-3)11-7;4*1-2/h5-13H,3-4,14-15H2,1-2H3;5-12,14H,3-4,13,15H2,1-2H3;5-13H,3-4,14-15H2,1-2H3;1-10H,11H2;4-6H2,1-3H3;4*1-2H3. The highest BCUT2D eigenvalue weighted by atomic mass is 15.1. The molecule has 16 aromatic rings. The Morgan fingerprint density at radius 2 is 0.471 bits per heavy atom. The van der Waals surface area contributed by atoms with Crippen LogP contribution in [-0.4, -0.2) is 59.8 Å². The second kappa shape index (κ2) is 42.6. The van der Waals surface area contributed by atoms with Crippen molar-refractivity contribution in [3.63, 3.8) is 0 Å². The van der Waals surface area contributed by atoms with E-state index in [0.717, 1.165) is 173 Å². The molecule has 4 aliphatic carbocycles. The van der Waals surface area contributed by atoms with Gasteiger partial charge in [0.05, 0.1) is 0 Å². The van der Waals surface area contributed by atoms with E-state index >= 15 is 0 Å². The van der Waals surface area contributed by atoms with E-state index in [-0.39, 0.29) is 0 Å². The summed E-state index contributed by atoms with van der Waals surface area (Å²) in [4.78, 5) is 54.8. The zero-order valence-electron chi connectivity index (χ0n) is 74.5. The van der Waals surface area contributed by atoms with E-state index in [0.29, 0.717) is 0 Å². The molecular weight excluding hydrogens is 1480 g/mol. The Morgan fingerprint density at radius 3 is 0.901 bits per heavy atom. The minimum atomic E-state index is 0.735. The number of hydrogen-bond donors (Lipinski definition) is 0. The highest BCUT2D eigenvalue weighted by molar-refractivity contribution is 6.00. The number of rotatable bonds is 15. The van der Waals surface area contributed by atoms with Gasteiger partial charge in [-0.15, -0.1) is 0 Å². The molecule has 4 aliphatic rings. The number of aromatic nitrogens is 12. The quantitative estimate of drug-likeness (QED) is 0.0959. The predicted molar refractivity (Wildman–Crippen MR) is 506 cm³/mol. The summed E-state index contributed by atoms with van der Waals surface area (Å²) < 4.78 is 0. The first-order valence-corrected chi connectivity index (χ1v) is 44.9. The van der Waals surface area contributed by atoms with Crippen molar-refractivity contribution in [3.8, 4) is 44.5 Å². The van der Waals surface area contributed by atoms with E-state index < -0.39 is 0 Å². The van der Waals surface area contributed by atoms with Gasteiger partial charge >= 0.3 is 0 Å². The van der Waals surface area contributed by atoms with Crippen LogP contribution in [-0.2, 0) is 103 Å². The van der Waals surface area contributed by atoms with Gasteiger partial charge in [0.25, 0.3) is 0 Å². The molecule has 12 heteroatoms. The molecule has 0 radical (unpaired) electrons. The maximum absolute atomic E-state index is 4.73. The molecule has 4 aromatic heterocycles. The Labute approximate surface area is 718 Å². The monoisotopic (exact) mass is 1600 g/mol. The fraction of sp³-hybridized carbons (Fsp3) is 0.303. The Kier molecular flexibility index (Phi) is 31.0. The third-order valence-corrected chi connectivity index (χ3v) is 22.5. The summed E-state index contributed by atoms with van der Waals surface area (Å²) in [6, 6.07) is 81.5. The summed E-state index contributed by atoms with van der Waals surface area (Å²) in [5.74, 6) is 10.7.